The Hall–Kier alpha value is -2.23. The van der Waals surface area contributed by atoms with Gasteiger partial charge in [-0.25, -0.2) is 22.8 Å². The first-order chi connectivity index (χ1) is 11.9. The van der Waals surface area contributed by atoms with E-state index in [0.29, 0.717) is 12.2 Å². The van der Waals surface area contributed by atoms with Crippen molar-refractivity contribution in [1.82, 2.24) is 29.3 Å². The molecule has 0 fully saturated rings. The first-order valence-electron chi connectivity index (χ1n) is 7.46. The number of halogens is 1. The van der Waals surface area contributed by atoms with Gasteiger partial charge in [0.2, 0.25) is 10.0 Å². The first-order valence-corrected chi connectivity index (χ1v) is 9.32. The van der Waals surface area contributed by atoms with Gasteiger partial charge in [0.05, 0.1) is 12.2 Å². The van der Waals surface area contributed by atoms with Crippen molar-refractivity contribution in [2.75, 3.05) is 0 Å². The molecule has 3 aromatic rings. The fourth-order valence-electron chi connectivity index (χ4n) is 2.51. The molecule has 132 valence electrons. The Morgan fingerprint density at radius 2 is 2.04 bits per heavy atom. The SMILES string of the molecule is Cc1nn(C)c(Cl)c1S(=O)(=O)NCc1cccc(Cn2cncn2)c1. The molecule has 0 unspecified atom stereocenters. The Labute approximate surface area is 150 Å². The number of nitrogens with zero attached hydrogens (tertiary/aromatic N) is 5. The average Bonchev–Trinajstić information content (AvgIpc) is 3.14. The lowest BCUT2D eigenvalue weighted by Crippen LogP contribution is -2.24. The Balaban J connectivity index is 1.75. The largest absolute Gasteiger partial charge is 0.255 e. The molecular weight excluding hydrogens is 364 g/mol. The zero-order valence-electron chi connectivity index (χ0n) is 13.7. The molecule has 25 heavy (non-hydrogen) atoms. The fourth-order valence-corrected chi connectivity index (χ4v) is 4.27. The van der Waals surface area contributed by atoms with Crippen LogP contribution in [-0.4, -0.2) is 33.0 Å². The summed E-state index contributed by atoms with van der Waals surface area (Å²) in [7, 11) is -2.16. The number of hydrogen-bond donors (Lipinski definition) is 1. The highest BCUT2D eigenvalue weighted by Gasteiger charge is 2.24. The summed E-state index contributed by atoms with van der Waals surface area (Å²) >= 11 is 6.05. The van der Waals surface area contributed by atoms with Crippen molar-refractivity contribution >= 4 is 21.6 Å². The van der Waals surface area contributed by atoms with Crippen LogP contribution in [0.1, 0.15) is 16.8 Å². The molecular formula is C15H17ClN6O2S. The Morgan fingerprint density at radius 1 is 1.28 bits per heavy atom. The van der Waals surface area contributed by atoms with Gasteiger partial charge in [0.1, 0.15) is 22.7 Å². The van der Waals surface area contributed by atoms with Crippen LogP contribution < -0.4 is 4.72 Å². The minimum absolute atomic E-state index is 0.00966. The standard InChI is InChI=1S/C15H17ClN6O2S/c1-11-14(15(16)21(2)20-11)25(23,24)19-7-12-4-3-5-13(6-12)8-22-10-17-9-18-22/h3-6,9-10,19H,7-8H2,1-2H3. The van der Waals surface area contributed by atoms with Gasteiger partial charge in [0.15, 0.2) is 0 Å². The van der Waals surface area contributed by atoms with E-state index in [1.54, 1.807) is 25.0 Å². The lowest BCUT2D eigenvalue weighted by Gasteiger charge is -2.08. The molecule has 1 aromatic carbocycles. The third kappa shape index (κ3) is 3.89. The highest BCUT2D eigenvalue weighted by atomic mass is 35.5. The van der Waals surface area contributed by atoms with Crippen LogP contribution in [0.3, 0.4) is 0 Å². The molecule has 0 radical (unpaired) electrons. The smallest absolute Gasteiger partial charge is 0.245 e. The van der Waals surface area contributed by atoms with Crippen molar-refractivity contribution < 1.29 is 8.42 Å². The van der Waals surface area contributed by atoms with Gasteiger partial charge >= 0.3 is 0 Å². The summed E-state index contributed by atoms with van der Waals surface area (Å²) in [6, 6.07) is 7.59. The Morgan fingerprint density at radius 3 is 2.68 bits per heavy atom. The molecule has 1 N–H and O–H groups in total. The molecule has 0 aliphatic rings. The van der Waals surface area contributed by atoms with Crippen LogP contribution in [0.25, 0.3) is 0 Å². The lowest BCUT2D eigenvalue weighted by molar-refractivity contribution is 0.580. The van der Waals surface area contributed by atoms with E-state index in [4.69, 9.17) is 11.6 Å². The maximum absolute atomic E-state index is 12.5. The van der Waals surface area contributed by atoms with Gasteiger partial charge in [-0.2, -0.15) is 10.2 Å². The number of aromatic nitrogens is 5. The summed E-state index contributed by atoms with van der Waals surface area (Å²) < 4.78 is 30.7. The van der Waals surface area contributed by atoms with Gasteiger partial charge in [0, 0.05) is 13.6 Å². The van der Waals surface area contributed by atoms with Crippen molar-refractivity contribution in [3.05, 3.63) is 58.9 Å². The normalized spacial score (nSPS) is 11.8. The summed E-state index contributed by atoms with van der Waals surface area (Å²) in [5.74, 6) is 0. The fraction of sp³-hybridized carbons (Fsp3) is 0.267. The summed E-state index contributed by atoms with van der Waals surface area (Å²) in [5.41, 5.74) is 2.19. The van der Waals surface area contributed by atoms with Crippen molar-refractivity contribution in [2.45, 2.75) is 24.9 Å². The second kappa shape index (κ2) is 6.95. The van der Waals surface area contributed by atoms with Crippen molar-refractivity contribution in [2.24, 2.45) is 7.05 Å². The molecule has 3 rings (SSSR count). The van der Waals surface area contributed by atoms with E-state index in [0.717, 1.165) is 11.1 Å². The average molecular weight is 381 g/mol. The molecule has 10 heteroatoms. The number of aryl methyl sites for hydroxylation is 2. The topological polar surface area (TPSA) is 94.7 Å². The van der Waals surface area contributed by atoms with E-state index in [1.165, 1.54) is 11.0 Å². The quantitative estimate of drug-likeness (QED) is 0.699. The summed E-state index contributed by atoms with van der Waals surface area (Å²) in [5, 5.41) is 8.18. The third-order valence-electron chi connectivity index (χ3n) is 3.64. The number of sulfonamides is 1. The molecule has 2 heterocycles. The zero-order chi connectivity index (χ0) is 18.0. The maximum atomic E-state index is 12.5. The molecule has 0 saturated carbocycles. The molecule has 0 aliphatic carbocycles. The minimum atomic E-state index is -3.75. The monoisotopic (exact) mass is 380 g/mol. The molecule has 0 spiro atoms. The van der Waals surface area contributed by atoms with E-state index in [2.05, 4.69) is 19.9 Å². The summed E-state index contributed by atoms with van der Waals surface area (Å²) in [6.45, 7) is 2.32. The van der Waals surface area contributed by atoms with Gasteiger partial charge in [-0.3, -0.25) is 4.68 Å². The Bertz CT molecular complexity index is 982. The van der Waals surface area contributed by atoms with Gasteiger partial charge in [0.25, 0.3) is 0 Å². The van der Waals surface area contributed by atoms with E-state index >= 15 is 0 Å². The van der Waals surface area contributed by atoms with Crippen LogP contribution in [0.4, 0.5) is 0 Å². The van der Waals surface area contributed by atoms with Crippen LogP contribution in [-0.2, 0) is 30.2 Å². The van der Waals surface area contributed by atoms with E-state index in [1.807, 2.05) is 24.3 Å². The summed E-state index contributed by atoms with van der Waals surface area (Å²) in [4.78, 5) is 3.91. The molecule has 0 atom stereocenters. The second-order valence-corrected chi connectivity index (χ2v) is 7.63. The van der Waals surface area contributed by atoms with Crippen LogP contribution in [0.5, 0.6) is 0 Å². The van der Waals surface area contributed by atoms with E-state index < -0.39 is 10.0 Å². The van der Waals surface area contributed by atoms with Gasteiger partial charge < -0.3 is 0 Å². The predicted molar refractivity (Wildman–Crippen MR) is 92.5 cm³/mol. The predicted octanol–water partition coefficient (Wildman–Crippen LogP) is 1.50. The van der Waals surface area contributed by atoms with Gasteiger partial charge in [-0.1, -0.05) is 35.9 Å². The minimum Gasteiger partial charge on any atom is -0.255 e. The highest BCUT2D eigenvalue weighted by Crippen LogP contribution is 2.24. The highest BCUT2D eigenvalue weighted by molar-refractivity contribution is 7.89. The summed E-state index contributed by atoms with van der Waals surface area (Å²) in [6.07, 6.45) is 3.10. The molecule has 2 aromatic heterocycles. The number of nitrogens with one attached hydrogen (secondary N) is 1. The molecule has 0 bridgehead atoms. The van der Waals surface area contributed by atoms with Crippen molar-refractivity contribution in [3.8, 4) is 0 Å². The molecule has 0 amide bonds. The van der Waals surface area contributed by atoms with Gasteiger partial charge in [-0.15, -0.1) is 0 Å². The zero-order valence-corrected chi connectivity index (χ0v) is 15.3. The molecule has 8 nitrogen and oxygen atoms in total. The molecule has 0 saturated heterocycles. The van der Waals surface area contributed by atoms with Crippen LogP contribution in [0, 0.1) is 6.92 Å². The van der Waals surface area contributed by atoms with E-state index in [9.17, 15) is 8.42 Å². The Kier molecular flexibility index (Phi) is 4.89. The second-order valence-electron chi connectivity index (χ2n) is 5.57. The van der Waals surface area contributed by atoms with Crippen molar-refractivity contribution in [3.63, 3.8) is 0 Å². The van der Waals surface area contributed by atoms with Crippen LogP contribution >= 0.6 is 11.6 Å². The first kappa shape index (κ1) is 17.6. The van der Waals surface area contributed by atoms with E-state index in [-0.39, 0.29) is 16.6 Å². The molecule has 0 aliphatic heterocycles. The number of benzene rings is 1. The number of hydrogen-bond acceptors (Lipinski definition) is 5. The maximum Gasteiger partial charge on any atom is 0.245 e. The van der Waals surface area contributed by atoms with Crippen molar-refractivity contribution in [1.29, 1.82) is 0 Å². The van der Waals surface area contributed by atoms with Crippen LogP contribution in [0.15, 0.2) is 41.8 Å². The van der Waals surface area contributed by atoms with Crippen LogP contribution in [0.2, 0.25) is 5.15 Å². The van der Waals surface area contributed by atoms with Gasteiger partial charge in [-0.05, 0) is 18.1 Å². The lowest BCUT2D eigenvalue weighted by atomic mass is 10.1. The number of rotatable bonds is 6. The third-order valence-corrected chi connectivity index (χ3v) is 5.73.